The van der Waals surface area contributed by atoms with Crippen LogP contribution in [0.2, 0.25) is 0 Å². The fourth-order valence-corrected chi connectivity index (χ4v) is 4.09. The largest absolute Gasteiger partial charge is 0.388 e. The lowest BCUT2D eigenvalue weighted by atomic mass is 10.0. The van der Waals surface area contributed by atoms with Crippen LogP contribution in [0.15, 0.2) is 12.2 Å². The van der Waals surface area contributed by atoms with Gasteiger partial charge in [0.25, 0.3) is 0 Å². The Hall–Kier alpha value is -0.460. The van der Waals surface area contributed by atoms with E-state index in [1.54, 1.807) is 0 Å². The van der Waals surface area contributed by atoms with Gasteiger partial charge < -0.3 is 24.8 Å². The van der Waals surface area contributed by atoms with Crippen molar-refractivity contribution >= 4 is 0 Å². The summed E-state index contributed by atoms with van der Waals surface area (Å²) in [6.07, 6.45) is 22.2. The molecular weight excluding hydrogens is 392 g/mol. The maximum absolute atomic E-state index is 9.83. The predicted molar refractivity (Wildman–Crippen MR) is 127 cm³/mol. The molecule has 0 aromatic heterocycles. The first-order valence-corrected chi connectivity index (χ1v) is 13.0. The van der Waals surface area contributed by atoms with Gasteiger partial charge in [0.2, 0.25) is 0 Å². The van der Waals surface area contributed by atoms with Crippen LogP contribution in [0.4, 0.5) is 0 Å². The highest BCUT2D eigenvalue weighted by Crippen LogP contribution is 2.16. The van der Waals surface area contributed by atoms with Crippen molar-refractivity contribution in [2.24, 2.45) is 0 Å². The Morgan fingerprint density at radius 2 is 1.23 bits per heavy atom. The summed E-state index contributed by atoms with van der Waals surface area (Å²) in [6.45, 7) is 3.00. The van der Waals surface area contributed by atoms with Crippen molar-refractivity contribution in [3.8, 4) is 0 Å². The van der Waals surface area contributed by atoms with Crippen LogP contribution in [0.3, 0.4) is 0 Å². The van der Waals surface area contributed by atoms with Crippen molar-refractivity contribution in [2.75, 3.05) is 19.8 Å². The lowest BCUT2D eigenvalue weighted by molar-refractivity contribution is -0.198. The van der Waals surface area contributed by atoms with E-state index in [0.717, 1.165) is 6.42 Å². The highest BCUT2D eigenvalue weighted by atomic mass is 16.6. The third-order valence-corrected chi connectivity index (χ3v) is 6.24. The van der Waals surface area contributed by atoms with Gasteiger partial charge in [-0.15, -0.1) is 0 Å². The van der Waals surface area contributed by atoms with Crippen LogP contribution in [0, 0.1) is 0 Å². The summed E-state index contributed by atoms with van der Waals surface area (Å²) in [7, 11) is 0. The molecule has 5 nitrogen and oxygen atoms in total. The normalized spacial score (nSPS) is 24.3. The van der Waals surface area contributed by atoms with Crippen LogP contribution in [0.5, 0.6) is 0 Å². The molecule has 1 aliphatic rings. The molecule has 0 unspecified atom stereocenters. The van der Waals surface area contributed by atoms with Crippen LogP contribution in [0.25, 0.3) is 0 Å². The molecule has 1 aliphatic heterocycles. The van der Waals surface area contributed by atoms with E-state index in [0.29, 0.717) is 6.61 Å². The van der Waals surface area contributed by atoms with Crippen LogP contribution >= 0.6 is 0 Å². The van der Waals surface area contributed by atoms with Gasteiger partial charge in [-0.25, -0.2) is 0 Å². The standard InChI is InChI=1S/C26H50O5/c1-2-3-4-5-6-7-8-9-10-11-12-13-14-15-16-17-18-19-20-30-22-24-26(29)25(28)23(27)21-31-24/h18-19,23-29H,2-17,20-22H2,1H3/b19-18+/t23-,24+,25+,26+/m1/s1. The van der Waals surface area contributed by atoms with Crippen molar-refractivity contribution in [3.05, 3.63) is 12.2 Å². The van der Waals surface area contributed by atoms with Gasteiger partial charge in [-0.2, -0.15) is 0 Å². The van der Waals surface area contributed by atoms with E-state index in [4.69, 9.17) is 9.47 Å². The van der Waals surface area contributed by atoms with Gasteiger partial charge in [0.05, 0.1) is 19.8 Å². The van der Waals surface area contributed by atoms with Gasteiger partial charge in [0.1, 0.15) is 24.4 Å². The number of allylic oxidation sites excluding steroid dienone is 1. The summed E-state index contributed by atoms with van der Waals surface area (Å²) >= 11 is 0. The number of rotatable bonds is 20. The lowest BCUT2D eigenvalue weighted by Crippen LogP contribution is -2.54. The van der Waals surface area contributed by atoms with Crippen LogP contribution in [-0.4, -0.2) is 59.6 Å². The fourth-order valence-electron chi connectivity index (χ4n) is 4.09. The maximum Gasteiger partial charge on any atom is 0.111 e. The third kappa shape index (κ3) is 15.1. The van der Waals surface area contributed by atoms with E-state index in [2.05, 4.69) is 13.0 Å². The quantitative estimate of drug-likeness (QED) is 0.176. The molecular formula is C26H50O5. The molecule has 0 aromatic rings. The zero-order chi connectivity index (χ0) is 22.6. The average Bonchev–Trinajstić information content (AvgIpc) is 2.77. The molecule has 1 fully saturated rings. The van der Waals surface area contributed by atoms with Crippen molar-refractivity contribution in [3.63, 3.8) is 0 Å². The average molecular weight is 443 g/mol. The first-order chi connectivity index (χ1) is 15.2. The van der Waals surface area contributed by atoms with Gasteiger partial charge in [0, 0.05) is 0 Å². The second-order valence-corrected chi connectivity index (χ2v) is 9.17. The molecule has 0 bridgehead atoms. The van der Waals surface area contributed by atoms with E-state index < -0.39 is 24.4 Å². The zero-order valence-electron chi connectivity index (χ0n) is 20.1. The maximum atomic E-state index is 9.83. The summed E-state index contributed by atoms with van der Waals surface area (Å²) in [5.74, 6) is 0. The Morgan fingerprint density at radius 3 is 1.77 bits per heavy atom. The van der Waals surface area contributed by atoms with Gasteiger partial charge >= 0.3 is 0 Å². The highest BCUT2D eigenvalue weighted by Gasteiger charge is 2.37. The van der Waals surface area contributed by atoms with Crippen molar-refractivity contribution in [1.82, 2.24) is 0 Å². The fraction of sp³-hybridized carbons (Fsp3) is 0.923. The van der Waals surface area contributed by atoms with Gasteiger partial charge in [-0.3, -0.25) is 0 Å². The topological polar surface area (TPSA) is 79.2 Å². The second-order valence-electron chi connectivity index (χ2n) is 9.17. The van der Waals surface area contributed by atoms with E-state index in [9.17, 15) is 15.3 Å². The van der Waals surface area contributed by atoms with Crippen LogP contribution < -0.4 is 0 Å². The van der Waals surface area contributed by atoms with E-state index >= 15 is 0 Å². The number of unbranched alkanes of at least 4 members (excludes halogenated alkanes) is 15. The molecule has 3 N–H and O–H groups in total. The van der Waals surface area contributed by atoms with Crippen molar-refractivity contribution in [2.45, 2.75) is 134 Å². The zero-order valence-corrected chi connectivity index (χ0v) is 20.1. The van der Waals surface area contributed by atoms with E-state index in [1.165, 1.54) is 96.3 Å². The predicted octanol–water partition coefficient (Wildman–Crippen LogP) is 5.30. The number of hydrogen-bond acceptors (Lipinski definition) is 5. The number of aliphatic hydroxyl groups is 3. The van der Waals surface area contributed by atoms with Gasteiger partial charge in [0.15, 0.2) is 0 Å². The SMILES string of the molecule is CCCCCCCCCCCCCCCCC/C=C/COC[C@@H]1OC[C@@H](O)[C@H](O)[C@H]1O. The highest BCUT2D eigenvalue weighted by molar-refractivity contribution is 4.87. The molecule has 1 heterocycles. The minimum absolute atomic E-state index is 0.0291. The first kappa shape index (κ1) is 28.6. The van der Waals surface area contributed by atoms with E-state index in [1.807, 2.05) is 6.08 Å². The van der Waals surface area contributed by atoms with Crippen molar-refractivity contribution < 1.29 is 24.8 Å². The molecule has 0 aromatic carbocycles. The Bertz CT molecular complexity index is 415. The summed E-state index contributed by atoms with van der Waals surface area (Å²) in [4.78, 5) is 0. The van der Waals surface area contributed by atoms with Crippen molar-refractivity contribution in [1.29, 1.82) is 0 Å². The smallest absolute Gasteiger partial charge is 0.111 e. The number of hydrogen-bond donors (Lipinski definition) is 3. The molecule has 0 aliphatic carbocycles. The summed E-state index contributed by atoms with van der Waals surface area (Å²) in [5.41, 5.74) is 0. The summed E-state index contributed by atoms with van der Waals surface area (Å²) < 4.78 is 10.8. The summed E-state index contributed by atoms with van der Waals surface area (Å²) in [5, 5.41) is 28.9. The molecule has 1 rings (SSSR count). The molecule has 5 heteroatoms. The molecule has 31 heavy (non-hydrogen) atoms. The molecule has 0 amide bonds. The number of aliphatic hydroxyl groups excluding tert-OH is 3. The van der Waals surface area contributed by atoms with Crippen LogP contribution in [0.1, 0.15) is 110 Å². The van der Waals surface area contributed by atoms with E-state index in [-0.39, 0.29) is 13.2 Å². The van der Waals surface area contributed by atoms with Gasteiger partial charge in [-0.1, -0.05) is 109 Å². The Kier molecular flexibility index (Phi) is 18.6. The Labute approximate surface area is 191 Å². The third-order valence-electron chi connectivity index (χ3n) is 6.24. The van der Waals surface area contributed by atoms with Gasteiger partial charge in [-0.05, 0) is 12.8 Å². The minimum Gasteiger partial charge on any atom is -0.388 e. The van der Waals surface area contributed by atoms with Crippen LogP contribution in [-0.2, 0) is 9.47 Å². The Balaban J connectivity index is 1.78. The summed E-state index contributed by atoms with van der Waals surface area (Å²) in [6, 6.07) is 0. The second kappa shape index (κ2) is 20.2. The first-order valence-electron chi connectivity index (χ1n) is 13.0. The molecule has 4 atom stereocenters. The minimum atomic E-state index is -1.16. The molecule has 184 valence electrons. The molecule has 0 spiro atoms. The molecule has 0 radical (unpaired) electrons. The monoisotopic (exact) mass is 442 g/mol. The number of ether oxygens (including phenoxy) is 2. The molecule has 0 saturated carbocycles. The lowest BCUT2D eigenvalue weighted by Gasteiger charge is -2.34. The molecule has 1 saturated heterocycles. The Morgan fingerprint density at radius 1 is 0.710 bits per heavy atom.